The van der Waals surface area contributed by atoms with Crippen LogP contribution in [-0.4, -0.2) is 20.6 Å². The van der Waals surface area contributed by atoms with Gasteiger partial charge >= 0.3 is 0 Å². The third-order valence-corrected chi connectivity index (χ3v) is 4.63. The molecule has 0 spiro atoms. The standard InChI is InChI=1S/C12H13ClN2O3S2/c1-8-15(6-5-12(16)14-20(2,17)18)10-7-9(13)3-4-11(10)19-8/h3-4,7H,5-6H2,1-2H3/p+1. The summed E-state index contributed by atoms with van der Waals surface area (Å²) in [6.45, 7) is 2.36. The first-order chi connectivity index (χ1) is 9.26. The molecule has 1 aromatic carbocycles. The molecule has 0 saturated carbocycles. The molecule has 0 atom stereocenters. The van der Waals surface area contributed by atoms with Crippen molar-refractivity contribution in [3.8, 4) is 0 Å². The van der Waals surface area contributed by atoms with Crippen LogP contribution in [0.1, 0.15) is 11.4 Å². The van der Waals surface area contributed by atoms with Gasteiger partial charge in [-0.05, 0) is 12.1 Å². The van der Waals surface area contributed by atoms with Crippen molar-refractivity contribution in [2.24, 2.45) is 0 Å². The highest BCUT2D eigenvalue weighted by Crippen LogP contribution is 2.23. The Balaban J connectivity index is 2.20. The average molecular weight is 334 g/mol. The van der Waals surface area contributed by atoms with Crippen LogP contribution < -0.4 is 9.29 Å². The fraction of sp³-hybridized carbons (Fsp3) is 0.333. The molecule has 20 heavy (non-hydrogen) atoms. The SMILES string of the molecule is Cc1sc2ccc(Cl)cc2[n+]1CCC(=O)NS(C)(=O)=O. The van der Waals surface area contributed by atoms with Gasteiger partial charge in [0.15, 0.2) is 6.54 Å². The van der Waals surface area contributed by atoms with Crippen molar-refractivity contribution in [3.05, 3.63) is 28.2 Å². The average Bonchev–Trinajstić information content (AvgIpc) is 2.59. The summed E-state index contributed by atoms with van der Waals surface area (Å²) in [5, 5.41) is 1.67. The first-order valence-electron chi connectivity index (χ1n) is 5.85. The molecule has 2 rings (SSSR count). The maximum Gasteiger partial charge on any atom is 0.239 e. The van der Waals surface area contributed by atoms with E-state index in [1.165, 1.54) is 0 Å². The zero-order valence-corrected chi connectivity index (χ0v) is 13.4. The second kappa shape index (κ2) is 5.67. The normalized spacial score (nSPS) is 11.8. The van der Waals surface area contributed by atoms with Crippen LogP contribution in [0, 0.1) is 6.92 Å². The Hall–Kier alpha value is -1.18. The van der Waals surface area contributed by atoms with Gasteiger partial charge in [-0.15, -0.1) is 0 Å². The molecule has 0 aliphatic carbocycles. The van der Waals surface area contributed by atoms with Crippen LogP contribution in [0.25, 0.3) is 10.2 Å². The van der Waals surface area contributed by atoms with Gasteiger partial charge in [0.25, 0.3) is 0 Å². The molecule has 0 unspecified atom stereocenters. The molecule has 0 radical (unpaired) electrons. The number of nitrogens with one attached hydrogen (secondary N) is 1. The lowest BCUT2D eigenvalue weighted by atomic mass is 10.3. The molecule has 1 heterocycles. The molecule has 0 aliphatic rings. The topological polar surface area (TPSA) is 67.1 Å². The van der Waals surface area contributed by atoms with E-state index >= 15 is 0 Å². The van der Waals surface area contributed by atoms with Gasteiger partial charge in [-0.3, -0.25) is 9.52 Å². The number of thiazole rings is 1. The van der Waals surface area contributed by atoms with E-state index in [1.807, 2.05) is 34.4 Å². The summed E-state index contributed by atoms with van der Waals surface area (Å²) in [4.78, 5) is 11.5. The second-order valence-corrected chi connectivity index (χ2v) is 7.85. The van der Waals surface area contributed by atoms with Gasteiger partial charge in [-0.1, -0.05) is 22.9 Å². The largest absolute Gasteiger partial charge is 0.274 e. The van der Waals surface area contributed by atoms with Crippen molar-refractivity contribution in [2.75, 3.05) is 6.26 Å². The number of carbonyl (C=O) groups excluding carboxylic acids is 1. The Morgan fingerprint density at radius 2 is 2.15 bits per heavy atom. The molecule has 0 aliphatic heterocycles. The molecule has 1 amide bonds. The Morgan fingerprint density at radius 3 is 2.80 bits per heavy atom. The molecule has 0 bridgehead atoms. The van der Waals surface area contributed by atoms with Gasteiger partial charge in [0.05, 0.1) is 12.7 Å². The molecular formula is C12H14ClN2O3S2+. The molecule has 0 fully saturated rings. The molecule has 5 nitrogen and oxygen atoms in total. The number of hydrogen-bond donors (Lipinski definition) is 1. The first kappa shape index (κ1) is 15.2. The number of amides is 1. The number of benzene rings is 1. The van der Waals surface area contributed by atoms with E-state index in [4.69, 9.17) is 11.6 Å². The number of aromatic nitrogens is 1. The summed E-state index contributed by atoms with van der Waals surface area (Å²) >= 11 is 7.59. The van der Waals surface area contributed by atoms with Crippen LogP contribution >= 0.6 is 22.9 Å². The van der Waals surface area contributed by atoms with Gasteiger partial charge in [0.2, 0.25) is 26.5 Å². The molecule has 8 heteroatoms. The summed E-state index contributed by atoms with van der Waals surface area (Å²) in [5.74, 6) is -0.513. The van der Waals surface area contributed by atoms with E-state index < -0.39 is 15.9 Å². The fourth-order valence-corrected chi connectivity index (χ4v) is 3.63. The number of fused-ring (bicyclic) bond motifs is 1. The fourth-order valence-electron chi connectivity index (χ4n) is 1.92. The lowest BCUT2D eigenvalue weighted by molar-refractivity contribution is -0.671. The number of nitrogens with zero attached hydrogens (tertiary/aromatic N) is 1. The van der Waals surface area contributed by atoms with Crippen LogP contribution in [0.15, 0.2) is 18.2 Å². The molecule has 1 aromatic heterocycles. The minimum Gasteiger partial charge on any atom is -0.274 e. The lowest BCUT2D eigenvalue weighted by Gasteiger charge is -2.00. The monoisotopic (exact) mass is 333 g/mol. The summed E-state index contributed by atoms with van der Waals surface area (Å²) in [5.41, 5.74) is 0.951. The van der Waals surface area contributed by atoms with E-state index in [0.29, 0.717) is 11.6 Å². The lowest BCUT2D eigenvalue weighted by Crippen LogP contribution is -2.39. The van der Waals surface area contributed by atoms with Crippen LogP contribution in [-0.2, 0) is 21.4 Å². The van der Waals surface area contributed by atoms with Gasteiger partial charge < -0.3 is 0 Å². The molecule has 108 valence electrons. The van der Waals surface area contributed by atoms with Crippen LogP contribution in [0.4, 0.5) is 0 Å². The zero-order valence-electron chi connectivity index (χ0n) is 11.0. The summed E-state index contributed by atoms with van der Waals surface area (Å²) < 4.78 is 26.9. The molecular weight excluding hydrogens is 320 g/mol. The van der Waals surface area contributed by atoms with Gasteiger partial charge in [0.1, 0.15) is 4.70 Å². The maximum atomic E-state index is 11.5. The Labute approximate surface area is 126 Å². The number of rotatable bonds is 4. The minimum absolute atomic E-state index is 0.0942. The van der Waals surface area contributed by atoms with E-state index in [-0.39, 0.29) is 6.42 Å². The third-order valence-electron chi connectivity index (χ3n) is 2.71. The van der Waals surface area contributed by atoms with Gasteiger partial charge in [0, 0.05) is 18.0 Å². The van der Waals surface area contributed by atoms with E-state index in [9.17, 15) is 13.2 Å². The first-order valence-corrected chi connectivity index (χ1v) is 8.94. The number of halogens is 1. The third kappa shape index (κ3) is 3.68. The Bertz CT molecular complexity index is 768. The van der Waals surface area contributed by atoms with Crippen molar-refractivity contribution in [1.82, 2.24) is 4.72 Å². The number of hydrogen-bond acceptors (Lipinski definition) is 4. The van der Waals surface area contributed by atoms with Gasteiger partial charge in [-0.2, -0.15) is 4.57 Å². The highest BCUT2D eigenvalue weighted by Gasteiger charge is 2.19. The summed E-state index contributed by atoms with van der Waals surface area (Å²) in [6, 6.07) is 5.60. The van der Waals surface area contributed by atoms with Crippen molar-refractivity contribution in [2.45, 2.75) is 19.9 Å². The minimum atomic E-state index is -3.50. The quantitative estimate of drug-likeness (QED) is 0.864. The predicted octanol–water partition coefficient (Wildman–Crippen LogP) is 1.62. The predicted molar refractivity (Wildman–Crippen MR) is 79.4 cm³/mol. The van der Waals surface area contributed by atoms with Gasteiger partial charge in [-0.25, -0.2) is 8.42 Å². The second-order valence-electron chi connectivity index (χ2n) is 4.43. The van der Waals surface area contributed by atoms with Crippen LogP contribution in [0.3, 0.4) is 0 Å². The molecule has 0 saturated heterocycles. The van der Waals surface area contributed by atoms with Crippen molar-refractivity contribution in [1.29, 1.82) is 0 Å². The zero-order chi connectivity index (χ0) is 14.9. The number of sulfonamides is 1. The Morgan fingerprint density at radius 1 is 1.45 bits per heavy atom. The van der Waals surface area contributed by atoms with Crippen molar-refractivity contribution >= 4 is 49.1 Å². The summed E-state index contributed by atoms with van der Waals surface area (Å²) in [6.07, 6.45) is 1.06. The van der Waals surface area contributed by atoms with E-state index in [2.05, 4.69) is 0 Å². The Kier molecular flexibility index (Phi) is 4.31. The highest BCUT2D eigenvalue weighted by molar-refractivity contribution is 7.89. The number of aryl methyl sites for hydroxylation is 2. The smallest absolute Gasteiger partial charge is 0.239 e. The summed E-state index contributed by atoms with van der Waals surface area (Å²) in [7, 11) is -3.50. The van der Waals surface area contributed by atoms with Crippen LogP contribution in [0.5, 0.6) is 0 Å². The van der Waals surface area contributed by atoms with Crippen LogP contribution in [0.2, 0.25) is 5.02 Å². The van der Waals surface area contributed by atoms with E-state index in [0.717, 1.165) is 21.5 Å². The molecule has 2 aromatic rings. The van der Waals surface area contributed by atoms with E-state index in [1.54, 1.807) is 11.3 Å². The molecule has 1 N–H and O–H groups in total. The maximum absolute atomic E-state index is 11.5. The van der Waals surface area contributed by atoms with Crippen molar-refractivity contribution < 1.29 is 17.8 Å². The highest BCUT2D eigenvalue weighted by atomic mass is 35.5. The number of carbonyl (C=O) groups is 1. The van der Waals surface area contributed by atoms with Crippen molar-refractivity contribution in [3.63, 3.8) is 0 Å².